The van der Waals surface area contributed by atoms with Crippen molar-refractivity contribution in [3.05, 3.63) is 0 Å². The first-order valence-corrected chi connectivity index (χ1v) is 4.45. The van der Waals surface area contributed by atoms with Gasteiger partial charge in [0.25, 0.3) is 0 Å². The summed E-state index contributed by atoms with van der Waals surface area (Å²) in [5, 5.41) is 37.5. The van der Waals surface area contributed by atoms with Crippen molar-refractivity contribution < 1.29 is 20.4 Å². The van der Waals surface area contributed by atoms with Crippen LogP contribution in [0, 0.1) is 11.3 Å². The molecule has 0 radical (unpaired) electrons. The molecular weight excluding hydrogens is 174 g/mol. The van der Waals surface area contributed by atoms with Crippen LogP contribution in [-0.2, 0) is 0 Å². The van der Waals surface area contributed by atoms with Crippen LogP contribution >= 0.6 is 0 Å². The molecule has 0 amide bonds. The minimum atomic E-state index is -1.24. The number of hydrogen-bond donors (Lipinski definition) is 5. The van der Waals surface area contributed by atoms with Gasteiger partial charge < -0.3 is 26.2 Å². The second-order valence-electron chi connectivity index (χ2n) is 4.21. The molecular formula is C8H15NO4. The molecule has 0 aromatic heterocycles. The molecule has 6 N–H and O–H groups in total. The highest BCUT2D eigenvalue weighted by Crippen LogP contribution is 2.60. The molecule has 0 aromatic carbocycles. The highest BCUT2D eigenvalue weighted by molar-refractivity contribution is 5.18. The van der Waals surface area contributed by atoms with Gasteiger partial charge in [0, 0.05) is 11.5 Å². The molecule has 2 aliphatic carbocycles. The maximum Gasteiger partial charge on any atom is 0.108 e. The second kappa shape index (κ2) is 2.65. The average molecular weight is 189 g/mol. The maximum atomic E-state index is 9.60. The van der Waals surface area contributed by atoms with Crippen molar-refractivity contribution in [3.63, 3.8) is 0 Å². The minimum Gasteiger partial charge on any atom is -0.396 e. The van der Waals surface area contributed by atoms with E-state index in [9.17, 15) is 15.3 Å². The van der Waals surface area contributed by atoms with Crippen LogP contribution in [0.15, 0.2) is 0 Å². The molecule has 2 aliphatic rings. The number of rotatable bonds is 1. The van der Waals surface area contributed by atoms with Crippen molar-refractivity contribution in [2.45, 2.75) is 30.8 Å². The molecule has 6 atom stereocenters. The molecule has 0 spiro atoms. The molecule has 13 heavy (non-hydrogen) atoms. The monoisotopic (exact) mass is 189 g/mol. The molecule has 0 aromatic rings. The predicted octanol–water partition coefficient (Wildman–Crippen LogP) is -2.59. The van der Waals surface area contributed by atoms with Gasteiger partial charge in [0.2, 0.25) is 0 Å². The molecule has 0 saturated heterocycles. The first kappa shape index (κ1) is 9.36. The third-order valence-electron chi connectivity index (χ3n) is 3.59. The summed E-state index contributed by atoms with van der Waals surface area (Å²) in [6, 6.07) is -0.537. The van der Waals surface area contributed by atoms with Crippen LogP contribution < -0.4 is 5.73 Å². The van der Waals surface area contributed by atoms with Crippen LogP contribution in [0.1, 0.15) is 6.42 Å². The van der Waals surface area contributed by atoms with Gasteiger partial charge in [-0.2, -0.15) is 0 Å². The normalized spacial score (nSPS) is 60.2. The van der Waals surface area contributed by atoms with E-state index in [4.69, 9.17) is 10.8 Å². The quantitative estimate of drug-likeness (QED) is 0.311. The molecule has 0 unspecified atom stereocenters. The summed E-state index contributed by atoms with van der Waals surface area (Å²) in [5.74, 6) is -0.0640. The van der Waals surface area contributed by atoms with Gasteiger partial charge in [0.15, 0.2) is 0 Å². The van der Waals surface area contributed by atoms with Gasteiger partial charge in [-0.1, -0.05) is 0 Å². The lowest BCUT2D eigenvalue weighted by Gasteiger charge is -2.37. The first-order valence-electron chi connectivity index (χ1n) is 4.45. The van der Waals surface area contributed by atoms with Crippen LogP contribution in [0.5, 0.6) is 0 Å². The number of nitrogens with two attached hydrogens (primary N) is 1. The summed E-state index contributed by atoms with van der Waals surface area (Å²) < 4.78 is 0. The zero-order valence-corrected chi connectivity index (χ0v) is 7.17. The van der Waals surface area contributed by atoms with Crippen LogP contribution in [0.3, 0.4) is 0 Å². The van der Waals surface area contributed by atoms with Crippen molar-refractivity contribution in [3.8, 4) is 0 Å². The molecule has 76 valence electrons. The Hall–Kier alpha value is -0.200. The third kappa shape index (κ3) is 0.992. The SMILES string of the molecule is N[C@@H]1[C@H](O)[C@@H](O)[C@H](O)[C@@]2(CO)C[C@@H]12. The van der Waals surface area contributed by atoms with Gasteiger partial charge >= 0.3 is 0 Å². The number of aliphatic hydroxyl groups excluding tert-OH is 4. The van der Waals surface area contributed by atoms with E-state index in [1.807, 2.05) is 0 Å². The van der Waals surface area contributed by atoms with Crippen LogP contribution in [0.2, 0.25) is 0 Å². The zero-order valence-electron chi connectivity index (χ0n) is 7.17. The fourth-order valence-electron chi connectivity index (χ4n) is 2.48. The standard InChI is InChI=1S/C8H15NO4/c9-4-3-1-8(3,2-10)7(13)6(12)5(4)11/h3-7,10-13H,1-2,9H2/t3-,4-,5-,6+,7-,8+/m0/s1. The summed E-state index contributed by atoms with van der Waals surface area (Å²) in [7, 11) is 0. The topological polar surface area (TPSA) is 107 Å². The number of aliphatic hydroxyl groups is 4. The van der Waals surface area contributed by atoms with Crippen molar-refractivity contribution in [2.24, 2.45) is 17.1 Å². The fourth-order valence-corrected chi connectivity index (χ4v) is 2.48. The van der Waals surface area contributed by atoms with E-state index < -0.39 is 29.8 Å². The average Bonchev–Trinajstić information content (AvgIpc) is 2.87. The Morgan fingerprint density at radius 1 is 1.23 bits per heavy atom. The summed E-state index contributed by atoms with van der Waals surface area (Å²) in [5.41, 5.74) is 4.99. The lowest BCUT2D eigenvalue weighted by molar-refractivity contribution is -0.131. The van der Waals surface area contributed by atoms with E-state index in [-0.39, 0.29) is 12.5 Å². The summed E-state index contributed by atoms with van der Waals surface area (Å²) in [4.78, 5) is 0. The van der Waals surface area contributed by atoms with Crippen molar-refractivity contribution >= 4 is 0 Å². The van der Waals surface area contributed by atoms with Crippen molar-refractivity contribution in [1.82, 2.24) is 0 Å². The fraction of sp³-hybridized carbons (Fsp3) is 1.00. The van der Waals surface area contributed by atoms with Gasteiger partial charge in [0.05, 0.1) is 18.8 Å². The van der Waals surface area contributed by atoms with Crippen LogP contribution in [0.25, 0.3) is 0 Å². The molecule has 0 heterocycles. The van der Waals surface area contributed by atoms with Crippen molar-refractivity contribution in [2.75, 3.05) is 6.61 Å². The summed E-state index contributed by atoms with van der Waals surface area (Å²) in [6.45, 7) is -0.184. The Kier molecular flexibility index (Phi) is 1.91. The Bertz CT molecular complexity index is 224. The van der Waals surface area contributed by atoms with E-state index in [1.165, 1.54) is 0 Å². The minimum absolute atomic E-state index is 0.0640. The largest absolute Gasteiger partial charge is 0.396 e. The van der Waals surface area contributed by atoms with Crippen LogP contribution in [0.4, 0.5) is 0 Å². The third-order valence-corrected chi connectivity index (χ3v) is 3.59. The molecule has 5 nitrogen and oxygen atoms in total. The highest BCUT2D eigenvalue weighted by Gasteiger charge is 2.67. The molecule has 0 bridgehead atoms. The molecule has 0 aliphatic heterocycles. The van der Waals surface area contributed by atoms with Gasteiger partial charge in [0.1, 0.15) is 6.10 Å². The summed E-state index contributed by atoms with van der Waals surface area (Å²) >= 11 is 0. The molecule has 5 heteroatoms. The Morgan fingerprint density at radius 2 is 1.85 bits per heavy atom. The van der Waals surface area contributed by atoms with E-state index in [1.54, 1.807) is 0 Å². The molecule has 2 fully saturated rings. The smallest absolute Gasteiger partial charge is 0.108 e. The zero-order chi connectivity index (χ0) is 9.80. The summed E-state index contributed by atoms with van der Waals surface area (Å²) in [6.07, 6.45) is -2.79. The highest BCUT2D eigenvalue weighted by atomic mass is 16.4. The van der Waals surface area contributed by atoms with E-state index in [0.29, 0.717) is 6.42 Å². The lowest BCUT2D eigenvalue weighted by atomic mass is 9.80. The van der Waals surface area contributed by atoms with Gasteiger partial charge in [-0.25, -0.2) is 0 Å². The van der Waals surface area contributed by atoms with Gasteiger partial charge in [-0.15, -0.1) is 0 Å². The van der Waals surface area contributed by atoms with Gasteiger partial charge in [-0.05, 0) is 12.3 Å². The first-order chi connectivity index (χ1) is 6.04. The van der Waals surface area contributed by atoms with Crippen LogP contribution in [-0.4, -0.2) is 51.4 Å². The second-order valence-corrected chi connectivity index (χ2v) is 4.21. The van der Waals surface area contributed by atoms with E-state index in [0.717, 1.165) is 0 Å². The van der Waals surface area contributed by atoms with E-state index >= 15 is 0 Å². The molecule has 2 saturated carbocycles. The van der Waals surface area contributed by atoms with Gasteiger partial charge in [-0.3, -0.25) is 0 Å². The number of hydrogen-bond acceptors (Lipinski definition) is 5. The van der Waals surface area contributed by atoms with E-state index in [2.05, 4.69) is 0 Å². The maximum absolute atomic E-state index is 9.60. The Morgan fingerprint density at radius 3 is 2.38 bits per heavy atom. The number of fused-ring (bicyclic) bond motifs is 1. The predicted molar refractivity (Wildman–Crippen MR) is 43.6 cm³/mol. The Labute approximate surface area is 75.8 Å². The lowest BCUT2D eigenvalue weighted by Crippen LogP contribution is -2.58. The van der Waals surface area contributed by atoms with Crippen molar-refractivity contribution in [1.29, 1.82) is 0 Å². The Balaban J connectivity index is 2.22. The molecule has 2 rings (SSSR count).